The number of ether oxygens (including phenoxy) is 3. The summed E-state index contributed by atoms with van der Waals surface area (Å²) in [6.07, 6.45) is 6.36. The summed E-state index contributed by atoms with van der Waals surface area (Å²) in [5.74, 6) is -0.297. The number of hydrogen-bond donors (Lipinski definition) is 2. The van der Waals surface area contributed by atoms with Crippen molar-refractivity contribution in [3.8, 4) is 0 Å². The summed E-state index contributed by atoms with van der Waals surface area (Å²) in [7, 11) is 0. The molecule has 2 saturated carbocycles. The number of aliphatic hydroxyl groups excluding tert-OH is 1. The van der Waals surface area contributed by atoms with Gasteiger partial charge in [0.15, 0.2) is 11.9 Å². The van der Waals surface area contributed by atoms with Gasteiger partial charge in [-0.05, 0) is 74.3 Å². The zero-order chi connectivity index (χ0) is 26.5. The lowest BCUT2D eigenvalue weighted by Crippen LogP contribution is -2.69. The molecule has 2 bridgehead atoms. The van der Waals surface area contributed by atoms with Gasteiger partial charge in [0.2, 0.25) is 0 Å². The molecule has 6 rings (SSSR count). The number of nitrogens with zero attached hydrogens (tertiary/aromatic N) is 1. The molecule has 0 aromatic heterocycles. The van der Waals surface area contributed by atoms with Crippen molar-refractivity contribution >= 4 is 6.09 Å². The van der Waals surface area contributed by atoms with E-state index in [1.165, 1.54) is 0 Å². The van der Waals surface area contributed by atoms with E-state index in [0.717, 1.165) is 43.3 Å². The lowest BCUT2D eigenvalue weighted by atomic mass is 9.58. The molecule has 0 radical (unpaired) electrons. The Kier molecular flexibility index (Phi) is 5.79. The summed E-state index contributed by atoms with van der Waals surface area (Å²) in [4.78, 5) is 15.3. The van der Waals surface area contributed by atoms with Crippen LogP contribution in [0.4, 0.5) is 4.79 Å². The molecule has 206 valence electrons. The first-order valence-electron chi connectivity index (χ1n) is 14.4. The summed E-state index contributed by atoms with van der Waals surface area (Å²) in [5.41, 5.74) is -0.894. The number of carbonyl (C=O) groups is 1. The van der Waals surface area contributed by atoms with Crippen molar-refractivity contribution in [1.29, 1.82) is 0 Å². The Morgan fingerprint density at radius 1 is 1.14 bits per heavy atom. The average Bonchev–Trinajstić information content (AvgIpc) is 3.44. The summed E-state index contributed by atoms with van der Waals surface area (Å²) in [6.45, 7) is 14.0. The number of fused-ring (bicyclic) bond motifs is 5. The summed E-state index contributed by atoms with van der Waals surface area (Å²) in [5, 5.41) is 25.4. The number of aliphatic hydroxyl groups is 2. The first-order chi connectivity index (χ1) is 17.3. The number of hydrogen-bond acceptors (Lipinski definition) is 6. The predicted molar refractivity (Wildman–Crippen MR) is 138 cm³/mol. The van der Waals surface area contributed by atoms with Crippen LogP contribution in [0.25, 0.3) is 0 Å². The highest BCUT2D eigenvalue weighted by atomic mass is 16.7. The van der Waals surface area contributed by atoms with Gasteiger partial charge in [-0.25, -0.2) is 4.79 Å². The SMILES string of the molecule is CC1=C[C@]23C(O)[C@@H](C=C4COC(C)(C)O[C@H]4[C@]2(O)[C@H]1OC(=O)N1CCCCCC1)[C@H]1[C@@H](C[C@H]3C)C1(C)C. The molecule has 2 aliphatic heterocycles. The Balaban J connectivity index is 1.46. The van der Waals surface area contributed by atoms with Crippen LogP contribution in [0.3, 0.4) is 0 Å². The van der Waals surface area contributed by atoms with Gasteiger partial charge < -0.3 is 29.3 Å². The van der Waals surface area contributed by atoms with Crippen LogP contribution >= 0.6 is 0 Å². The van der Waals surface area contributed by atoms with Gasteiger partial charge in [0.1, 0.15) is 11.7 Å². The van der Waals surface area contributed by atoms with Crippen LogP contribution in [0.15, 0.2) is 23.3 Å². The molecule has 9 atom stereocenters. The van der Waals surface area contributed by atoms with Gasteiger partial charge in [0.25, 0.3) is 0 Å². The fourth-order valence-electron chi connectivity index (χ4n) is 9.04. The van der Waals surface area contributed by atoms with Crippen molar-refractivity contribution in [1.82, 2.24) is 4.90 Å². The molecule has 2 heterocycles. The summed E-state index contributed by atoms with van der Waals surface area (Å²) >= 11 is 0. The van der Waals surface area contributed by atoms with E-state index < -0.39 is 35.1 Å². The van der Waals surface area contributed by atoms with Crippen molar-refractivity contribution < 1.29 is 29.2 Å². The zero-order valence-corrected chi connectivity index (χ0v) is 23.3. The molecule has 4 fully saturated rings. The maximum atomic E-state index is 13.5. The maximum absolute atomic E-state index is 13.5. The van der Waals surface area contributed by atoms with Crippen LogP contribution in [0, 0.1) is 34.5 Å². The quantitative estimate of drug-likeness (QED) is 0.503. The number of amides is 1. The zero-order valence-electron chi connectivity index (χ0n) is 23.3. The second-order valence-electron chi connectivity index (χ2n) is 13.9. The molecular formula is C30H45NO6. The molecule has 1 spiro atoms. The van der Waals surface area contributed by atoms with E-state index in [9.17, 15) is 15.0 Å². The van der Waals surface area contributed by atoms with Crippen molar-refractivity contribution in [2.75, 3.05) is 19.7 Å². The second-order valence-corrected chi connectivity index (χ2v) is 13.9. The molecule has 37 heavy (non-hydrogen) atoms. The average molecular weight is 516 g/mol. The summed E-state index contributed by atoms with van der Waals surface area (Å²) in [6, 6.07) is 0. The number of carbonyl (C=O) groups excluding carboxylic acids is 1. The van der Waals surface area contributed by atoms with Crippen molar-refractivity contribution in [2.45, 2.75) is 103 Å². The van der Waals surface area contributed by atoms with Crippen molar-refractivity contribution in [2.24, 2.45) is 34.5 Å². The summed E-state index contributed by atoms with van der Waals surface area (Å²) < 4.78 is 18.9. The van der Waals surface area contributed by atoms with E-state index >= 15 is 0 Å². The molecule has 1 unspecified atom stereocenters. The lowest BCUT2D eigenvalue weighted by Gasteiger charge is -2.55. The highest BCUT2D eigenvalue weighted by molar-refractivity contribution is 5.69. The van der Waals surface area contributed by atoms with E-state index in [0.29, 0.717) is 31.5 Å². The molecule has 1 amide bonds. The third kappa shape index (κ3) is 3.49. The van der Waals surface area contributed by atoms with E-state index in [4.69, 9.17) is 14.2 Å². The molecule has 7 heteroatoms. The van der Waals surface area contributed by atoms with Gasteiger partial charge in [-0.15, -0.1) is 0 Å². The minimum atomic E-state index is -1.65. The minimum absolute atomic E-state index is 0.0362. The molecule has 0 aromatic carbocycles. The molecule has 6 aliphatic rings. The molecule has 2 saturated heterocycles. The molecule has 7 nitrogen and oxygen atoms in total. The largest absolute Gasteiger partial charge is 0.438 e. The van der Waals surface area contributed by atoms with Gasteiger partial charge in [0.05, 0.1) is 18.1 Å². The van der Waals surface area contributed by atoms with Gasteiger partial charge in [0, 0.05) is 19.0 Å². The Hall–Kier alpha value is -1.41. The lowest BCUT2D eigenvalue weighted by molar-refractivity contribution is -0.312. The van der Waals surface area contributed by atoms with Crippen LogP contribution in [-0.2, 0) is 14.2 Å². The third-order valence-electron chi connectivity index (χ3n) is 11.0. The Bertz CT molecular complexity index is 1030. The normalized spacial score (nSPS) is 47.7. The highest BCUT2D eigenvalue weighted by Crippen LogP contribution is 2.73. The standard InChI is InChI=1S/C30H45NO6/c1-17-15-29-18(2)13-21-22(27(21,3)4)20(23(29)32)14-19-16-35-28(5,6)37-25(19)30(29,34)24(17)36-26(33)31-11-9-7-8-10-12-31/h14-15,18,20-25,32,34H,7-13,16H2,1-6H3/t18-,20+,21-,22+,23?,24+,25-,29+,30-/m1/s1. The van der Waals surface area contributed by atoms with Crippen molar-refractivity contribution in [3.63, 3.8) is 0 Å². The van der Waals surface area contributed by atoms with Gasteiger partial charge in [-0.2, -0.15) is 0 Å². The number of likely N-dealkylation sites (tertiary alicyclic amines) is 1. The van der Waals surface area contributed by atoms with Crippen LogP contribution < -0.4 is 0 Å². The van der Waals surface area contributed by atoms with E-state index in [1.807, 2.05) is 20.8 Å². The Labute approximate surface area is 221 Å². The Morgan fingerprint density at radius 3 is 2.49 bits per heavy atom. The number of rotatable bonds is 1. The minimum Gasteiger partial charge on any atom is -0.438 e. The molecular weight excluding hydrogens is 470 g/mol. The predicted octanol–water partition coefficient (Wildman–Crippen LogP) is 4.43. The first kappa shape index (κ1) is 25.8. The van der Waals surface area contributed by atoms with E-state index in [-0.39, 0.29) is 23.3 Å². The Morgan fingerprint density at radius 2 is 1.81 bits per heavy atom. The molecule has 0 aromatic rings. The maximum Gasteiger partial charge on any atom is 0.410 e. The van der Waals surface area contributed by atoms with Crippen LogP contribution in [0.1, 0.15) is 73.6 Å². The van der Waals surface area contributed by atoms with Crippen LogP contribution in [0.2, 0.25) is 0 Å². The van der Waals surface area contributed by atoms with Gasteiger partial charge >= 0.3 is 6.09 Å². The van der Waals surface area contributed by atoms with Gasteiger partial charge in [-0.1, -0.05) is 45.8 Å². The molecule has 2 N–H and O–H groups in total. The van der Waals surface area contributed by atoms with E-state index in [2.05, 4.69) is 32.9 Å². The highest BCUT2D eigenvalue weighted by Gasteiger charge is 2.77. The third-order valence-corrected chi connectivity index (χ3v) is 11.0. The second kappa shape index (κ2) is 8.30. The fraction of sp³-hybridized carbons (Fsp3) is 0.833. The van der Waals surface area contributed by atoms with Crippen LogP contribution in [0.5, 0.6) is 0 Å². The van der Waals surface area contributed by atoms with E-state index in [1.54, 1.807) is 4.90 Å². The smallest absolute Gasteiger partial charge is 0.410 e. The van der Waals surface area contributed by atoms with Gasteiger partial charge in [-0.3, -0.25) is 0 Å². The van der Waals surface area contributed by atoms with Crippen LogP contribution in [-0.4, -0.2) is 70.6 Å². The molecule has 4 aliphatic carbocycles. The monoisotopic (exact) mass is 515 g/mol. The van der Waals surface area contributed by atoms with Crippen molar-refractivity contribution in [3.05, 3.63) is 23.3 Å². The fourth-order valence-corrected chi connectivity index (χ4v) is 9.04. The first-order valence-corrected chi connectivity index (χ1v) is 14.4. The topological polar surface area (TPSA) is 88.5 Å².